The van der Waals surface area contributed by atoms with Crippen LogP contribution in [-0.2, 0) is 12.8 Å². The lowest BCUT2D eigenvalue weighted by Gasteiger charge is -1.95. The SMILES string of the molecule is CCc1csc([N])c1CC. The molecule has 10 heavy (non-hydrogen) atoms. The fourth-order valence-corrected chi connectivity index (χ4v) is 2.06. The van der Waals surface area contributed by atoms with Gasteiger partial charge in [0.05, 0.1) is 0 Å². The first-order valence-electron chi connectivity index (χ1n) is 3.57. The van der Waals surface area contributed by atoms with Gasteiger partial charge in [0.25, 0.3) is 0 Å². The molecule has 0 bridgehead atoms. The van der Waals surface area contributed by atoms with E-state index >= 15 is 0 Å². The average Bonchev–Trinajstić information content (AvgIpc) is 2.30. The number of thiophene rings is 1. The van der Waals surface area contributed by atoms with Gasteiger partial charge in [-0.25, -0.2) is 0 Å². The van der Waals surface area contributed by atoms with Crippen LogP contribution in [0.15, 0.2) is 5.38 Å². The molecule has 0 saturated heterocycles. The average molecular weight is 153 g/mol. The molecular weight excluding hydrogens is 142 g/mol. The van der Waals surface area contributed by atoms with Gasteiger partial charge < -0.3 is 0 Å². The van der Waals surface area contributed by atoms with Crippen LogP contribution < -0.4 is 5.73 Å². The van der Waals surface area contributed by atoms with Gasteiger partial charge in [-0.1, -0.05) is 13.8 Å². The fourth-order valence-electron chi connectivity index (χ4n) is 1.08. The Kier molecular flexibility index (Phi) is 2.33. The van der Waals surface area contributed by atoms with Gasteiger partial charge in [0, 0.05) is 0 Å². The number of hydrogen-bond acceptors (Lipinski definition) is 1. The minimum atomic E-state index is 0.499. The molecule has 0 amide bonds. The number of nitrogens with zero attached hydrogens (tertiary/aromatic N) is 1. The molecule has 0 unspecified atom stereocenters. The van der Waals surface area contributed by atoms with E-state index in [0.717, 1.165) is 18.4 Å². The van der Waals surface area contributed by atoms with Crippen molar-refractivity contribution in [2.75, 3.05) is 0 Å². The minimum Gasteiger partial charge on any atom is -0.138 e. The van der Waals surface area contributed by atoms with Crippen LogP contribution in [0.4, 0.5) is 5.00 Å². The molecule has 0 spiro atoms. The fraction of sp³-hybridized carbons (Fsp3) is 0.500. The van der Waals surface area contributed by atoms with E-state index in [1.54, 1.807) is 0 Å². The van der Waals surface area contributed by atoms with Crippen molar-refractivity contribution in [1.29, 1.82) is 0 Å². The lowest BCUT2D eigenvalue weighted by molar-refractivity contribution is 1.05. The Morgan fingerprint density at radius 2 is 2.10 bits per heavy atom. The first-order chi connectivity index (χ1) is 4.79. The highest BCUT2D eigenvalue weighted by Crippen LogP contribution is 2.26. The Morgan fingerprint density at radius 1 is 1.40 bits per heavy atom. The molecular formula is C8H11NS. The van der Waals surface area contributed by atoms with Crippen LogP contribution in [0.2, 0.25) is 0 Å². The molecule has 0 N–H and O–H groups in total. The van der Waals surface area contributed by atoms with Gasteiger partial charge in [0.15, 0.2) is 0 Å². The first kappa shape index (κ1) is 7.61. The molecule has 0 fully saturated rings. The topological polar surface area (TPSA) is 22.3 Å². The highest BCUT2D eigenvalue weighted by Gasteiger charge is 2.05. The number of hydrogen-bond donors (Lipinski definition) is 0. The van der Waals surface area contributed by atoms with Gasteiger partial charge in [0.2, 0.25) is 0 Å². The van der Waals surface area contributed by atoms with Gasteiger partial charge in [-0.15, -0.1) is 17.1 Å². The van der Waals surface area contributed by atoms with Crippen molar-refractivity contribution in [2.24, 2.45) is 0 Å². The van der Waals surface area contributed by atoms with Crippen LogP contribution in [0, 0.1) is 0 Å². The standard InChI is InChI=1S/C8H11NS/c1-3-6-5-10-8(9)7(6)4-2/h5H,3-4H2,1-2H3. The first-order valence-corrected chi connectivity index (χ1v) is 4.45. The summed E-state index contributed by atoms with van der Waals surface area (Å²) in [5, 5.41) is 2.54. The van der Waals surface area contributed by atoms with Crippen molar-refractivity contribution in [2.45, 2.75) is 26.7 Å². The summed E-state index contributed by atoms with van der Waals surface area (Å²) in [4.78, 5) is 0. The molecule has 2 heteroatoms. The Labute approximate surface area is 65.9 Å². The molecule has 1 nitrogen and oxygen atoms in total. The van der Waals surface area contributed by atoms with Gasteiger partial charge in [-0.3, -0.25) is 0 Å². The van der Waals surface area contributed by atoms with Crippen LogP contribution in [-0.4, -0.2) is 0 Å². The quantitative estimate of drug-likeness (QED) is 0.623. The summed E-state index contributed by atoms with van der Waals surface area (Å²) in [7, 11) is 0. The summed E-state index contributed by atoms with van der Waals surface area (Å²) in [5.41, 5.74) is 11.7. The van der Waals surface area contributed by atoms with Crippen molar-refractivity contribution < 1.29 is 0 Å². The number of aryl methyl sites for hydroxylation is 1. The molecule has 1 aromatic rings. The third-order valence-electron chi connectivity index (χ3n) is 1.69. The van der Waals surface area contributed by atoms with E-state index in [1.807, 2.05) is 5.38 Å². The zero-order chi connectivity index (χ0) is 7.56. The smallest absolute Gasteiger partial charge is 0.138 e. The van der Waals surface area contributed by atoms with E-state index in [2.05, 4.69) is 13.8 Å². The van der Waals surface area contributed by atoms with Crippen molar-refractivity contribution in [1.82, 2.24) is 5.73 Å². The van der Waals surface area contributed by atoms with Crippen molar-refractivity contribution in [3.63, 3.8) is 0 Å². The highest BCUT2D eigenvalue weighted by molar-refractivity contribution is 7.14. The van der Waals surface area contributed by atoms with Crippen molar-refractivity contribution >= 4 is 16.3 Å². The molecule has 0 aliphatic heterocycles. The lowest BCUT2D eigenvalue weighted by Crippen LogP contribution is -1.84. The predicted molar refractivity (Wildman–Crippen MR) is 44.9 cm³/mol. The van der Waals surface area contributed by atoms with E-state index in [1.165, 1.54) is 16.9 Å². The normalized spacial score (nSPS) is 10.2. The van der Waals surface area contributed by atoms with Gasteiger partial charge in [-0.05, 0) is 29.3 Å². The summed E-state index contributed by atoms with van der Waals surface area (Å²) in [6.45, 7) is 4.18. The van der Waals surface area contributed by atoms with Crippen molar-refractivity contribution in [3.05, 3.63) is 16.5 Å². The summed E-state index contributed by atoms with van der Waals surface area (Å²) in [6, 6.07) is 0. The molecule has 2 radical (unpaired) electrons. The van der Waals surface area contributed by atoms with E-state index in [0.29, 0.717) is 5.00 Å². The third-order valence-corrected chi connectivity index (χ3v) is 2.57. The summed E-state index contributed by atoms with van der Waals surface area (Å²) in [6.07, 6.45) is 1.97. The zero-order valence-electron chi connectivity index (χ0n) is 6.35. The van der Waals surface area contributed by atoms with Crippen LogP contribution in [0.3, 0.4) is 0 Å². The molecule has 0 aliphatic rings. The minimum absolute atomic E-state index is 0.499. The monoisotopic (exact) mass is 153 g/mol. The molecule has 0 aromatic carbocycles. The van der Waals surface area contributed by atoms with Crippen LogP contribution in [0.1, 0.15) is 25.0 Å². The maximum absolute atomic E-state index is 9.28. The number of rotatable bonds is 2. The van der Waals surface area contributed by atoms with Crippen LogP contribution >= 0.6 is 11.3 Å². The summed E-state index contributed by atoms with van der Waals surface area (Å²) < 4.78 is 0. The molecule has 1 heterocycles. The Balaban J connectivity index is 3.01. The second kappa shape index (κ2) is 3.06. The zero-order valence-corrected chi connectivity index (χ0v) is 7.16. The van der Waals surface area contributed by atoms with Gasteiger partial charge >= 0.3 is 0 Å². The lowest BCUT2D eigenvalue weighted by atomic mass is 10.1. The van der Waals surface area contributed by atoms with Gasteiger partial charge in [0.1, 0.15) is 5.00 Å². The Morgan fingerprint density at radius 3 is 2.50 bits per heavy atom. The van der Waals surface area contributed by atoms with E-state index in [4.69, 9.17) is 0 Å². The second-order valence-corrected chi connectivity index (χ2v) is 3.11. The Bertz CT molecular complexity index is 215. The van der Waals surface area contributed by atoms with Crippen molar-refractivity contribution in [3.8, 4) is 0 Å². The summed E-state index contributed by atoms with van der Waals surface area (Å²) in [5.74, 6) is 0. The largest absolute Gasteiger partial charge is 0.142 e. The highest BCUT2D eigenvalue weighted by atomic mass is 32.1. The van der Waals surface area contributed by atoms with Gasteiger partial charge in [-0.2, -0.15) is 0 Å². The Hall–Kier alpha value is -0.500. The van der Waals surface area contributed by atoms with E-state index in [-0.39, 0.29) is 0 Å². The van der Waals surface area contributed by atoms with E-state index in [9.17, 15) is 5.73 Å². The predicted octanol–water partition coefficient (Wildman–Crippen LogP) is 2.57. The molecule has 0 saturated carbocycles. The second-order valence-electron chi connectivity index (χ2n) is 2.25. The molecule has 1 rings (SSSR count). The molecule has 0 aliphatic carbocycles. The molecule has 54 valence electrons. The maximum Gasteiger partial charge on any atom is 0.142 e. The molecule has 0 atom stereocenters. The maximum atomic E-state index is 9.28. The molecule has 1 aromatic heterocycles. The van der Waals surface area contributed by atoms with Crippen LogP contribution in [0.25, 0.3) is 0 Å². The summed E-state index contributed by atoms with van der Waals surface area (Å²) >= 11 is 1.44. The van der Waals surface area contributed by atoms with Crippen LogP contribution in [0.5, 0.6) is 0 Å². The third kappa shape index (κ3) is 1.16. The van der Waals surface area contributed by atoms with E-state index < -0.39 is 0 Å².